The van der Waals surface area contributed by atoms with Gasteiger partial charge in [-0.2, -0.15) is 13.2 Å². The van der Waals surface area contributed by atoms with Crippen molar-refractivity contribution in [2.24, 2.45) is 11.7 Å². The lowest BCUT2D eigenvalue weighted by atomic mass is 9.74. The van der Waals surface area contributed by atoms with Crippen molar-refractivity contribution in [2.75, 3.05) is 40.8 Å². The molecule has 1 rings (SSSR count). The standard InChI is InChI=1S/C14H28F3N3/c1-19(2)8-5-9-20(3)13(11-18)7-4-6-12(10-13)14(15,16)17/h12H,4-11,18H2,1-3H3. The minimum absolute atomic E-state index is 0.144. The zero-order chi connectivity index (χ0) is 15.4. The van der Waals surface area contributed by atoms with Crippen LogP contribution < -0.4 is 5.73 Å². The highest BCUT2D eigenvalue weighted by atomic mass is 19.4. The lowest BCUT2D eigenvalue weighted by Crippen LogP contribution is -2.56. The molecule has 0 saturated heterocycles. The normalized spacial score (nSPS) is 28.4. The maximum absolute atomic E-state index is 13.0. The molecule has 1 aliphatic rings. The lowest BCUT2D eigenvalue weighted by Gasteiger charge is -2.47. The van der Waals surface area contributed by atoms with Crippen molar-refractivity contribution in [3.05, 3.63) is 0 Å². The summed E-state index contributed by atoms with van der Waals surface area (Å²) in [5.74, 6) is -1.20. The molecule has 2 atom stereocenters. The van der Waals surface area contributed by atoms with Crippen LogP contribution in [0.3, 0.4) is 0 Å². The van der Waals surface area contributed by atoms with Crippen LogP contribution in [0.5, 0.6) is 0 Å². The number of halogens is 3. The van der Waals surface area contributed by atoms with Crippen LogP contribution in [0.2, 0.25) is 0 Å². The van der Waals surface area contributed by atoms with Crippen molar-refractivity contribution in [2.45, 2.75) is 43.8 Å². The Morgan fingerprint density at radius 3 is 2.35 bits per heavy atom. The third-order valence-corrected chi connectivity index (χ3v) is 4.57. The van der Waals surface area contributed by atoms with Crippen LogP contribution in [0.15, 0.2) is 0 Å². The van der Waals surface area contributed by atoms with E-state index in [1.165, 1.54) is 0 Å². The molecule has 3 nitrogen and oxygen atoms in total. The highest BCUT2D eigenvalue weighted by Crippen LogP contribution is 2.43. The molecule has 0 bridgehead atoms. The molecule has 20 heavy (non-hydrogen) atoms. The number of rotatable bonds is 6. The first-order valence-electron chi connectivity index (χ1n) is 7.34. The summed E-state index contributed by atoms with van der Waals surface area (Å²) < 4.78 is 38.9. The molecule has 2 unspecified atom stereocenters. The van der Waals surface area contributed by atoms with Gasteiger partial charge in [-0.25, -0.2) is 0 Å². The minimum Gasteiger partial charge on any atom is -0.329 e. The summed E-state index contributed by atoms with van der Waals surface area (Å²) in [4.78, 5) is 4.15. The highest BCUT2D eigenvalue weighted by molar-refractivity contribution is 4.97. The first kappa shape index (κ1) is 17.7. The molecular formula is C14H28F3N3. The Morgan fingerprint density at radius 2 is 1.85 bits per heavy atom. The summed E-state index contributed by atoms with van der Waals surface area (Å²) >= 11 is 0. The summed E-state index contributed by atoms with van der Waals surface area (Å²) in [6, 6.07) is 0. The highest BCUT2D eigenvalue weighted by Gasteiger charge is 2.48. The topological polar surface area (TPSA) is 32.5 Å². The Hall–Kier alpha value is -0.330. The smallest absolute Gasteiger partial charge is 0.329 e. The van der Waals surface area contributed by atoms with Gasteiger partial charge in [-0.3, -0.25) is 4.90 Å². The van der Waals surface area contributed by atoms with E-state index >= 15 is 0 Å². The second-order valence-corrected chi connectivity index (χ2v) is 6.34. The van der Waals surface area contributed by atoms with Crippen LogP contribution in [-0.4, -0.2) is 62.3 Å². The Kier molecular flexibility index (Phi) is 6.28. The van der Waals surface area contributed by atoms with Crippen LogP contribution in [-0.2, 0) is 0 Å². The number of hydrogen-bond acceptors (Lipinski definition) is 3. The monoisotopic (exact) mass is 295 g/mol. The predicted molar refractivity (Wildman–Crippen MR) is 75.6 cm³/mol. The molecule has 0 radical (unpaired) electrons. The average Bonchev–Trinajstić information content (AvgIpc) is 2.37. The molecule has 1 aliphatic carbocycles. The molecule has 1 saturated carbocycles. The number of alkyl halides is 3. The van der Waals surface area contributed by atoms with E-state index < -0.39 is 17.6 Å². The van der Waals surface area contributed by atoms with Crippen LogP contribution >= 0.6 is 0 Å². The molecule has 0 heterocycles. The molecule has 0 aromatic rings. The van der Waals surface area contributed by atoms with Gasteiger partial charge in [-0.1, -0.05) is 6.42 Å². The van der Waals surface area contributed by atoms with E-state index in [2.05, 4.69) is 9.80 Å². The number of nitrogens with two attached hydrogens (primary N) is 1. The largest absolute Gasteiger partial charge is 0.391 e. The van der Waals surface area contributed by atoms with Gasteiger partial charge in [0.15, 0.2) is 0 Å². The molecule has 0 amide bonds. The summed E-state index contributed by atoms with van der Waals surface area (Å²) in [7, 11) is 5.92. The molecule has 120 valence electrons. The maximum Gasteiger partial charge on any atom is 0.391 e. The molecule has 0 aromatic carbocycles. The van der Waals surface area contributed by atoms with Crippen molar-refractivity contribution in [3.63, 3.8) is 0 Å². The van der Waals surface area contributed by atoms with Crippen molar-refractivity contribution in [1.82, 2.24) is 9.80 Å². The first-order chi connectivity index (χ1) is 9.21. The van der Waals surface area contributed by atoms with E-state index in [9.17, 15) is 13.2 Å². The zero-order valence-corrected chi connectivity index (χ0v) is 12.8. The minimum atomic E-state index is -4.09. The zero-order valence-electron chi connectivity index (χ0n) is 12.8. The van der Waals surface area contributed by atoms with E-state index in [4.69, 9.17) is 5.73 Å². The van der Waals surface area contributed by atoms with Gasteiger partial charge in [0.1, 0.15) is 0 Å². The molecule has 1 fully saturated rings. The second kappa shape index (κ2) is 7.09. The summed E-state index contributed by atoms with van der Waals surface area (Å²) in [6.45, 7) is 2.03. The summed E-state index contributed by atoms with van der Waals surface area (Å²) in [5.41, 5.74) is 5.38. The Balaban J connectivity index is 2.65. The Labute approximate surface area is 120 Å². The van der Waals surface area contributed by atoms with Crippen LogP contribution in [0.1, 0.15) is 32.1 Å². The maximum atomic E-state index is 13.0. The average molecular weight is 295 g/mol. The van der Waals surface area contributed by atoms with Crippen molar-refractivity contribution < 1.29 is 13.2 Å². The Bertz CT molecular complexity index is 294. The number of likely N-dealkylation sites (N-methyl/N-ethyl adjacent to an activating group) is 1. The molecule has 0 aliphatic heterocycles. The summed E-state index contributed by atoms with van der Waals surface area (Å²) in [5, 5.41) is 0. The molecule has 0 aromatic heterocycles. The second-order valence-electron chi connectivity index (χ2n) is 6.34. The fourth-order valence-electron chi connectivity index (χ4n) is 3.17. The van der Waals surface area contributed by atoms with E-state index in [1.807, 2.05) is 21.1 Å². The van der Waals surface area contributed by atoms with Crippen molar-refractivity contribution in [3.8, 4) is 0 Å². The molecule has 6 heteroatoms. The van der Waals surface area contributed by atoms with E-state index in [0.29, 0.717) is 13.0 Å². The van der Waals surface area contributed by atoms with Gasteiger partial charge >= 0.3 is 6.18 Å². The van der Waals surface area contributed by atoms with Gasteiger partial charge in [0.05, 0.1) is 5.92 Å². The van der Waals surface area contributed by atoms with E-state index in [0.717, 1.165) is 25.9 Å². The first-order valence-corrected chi connectivity index (χ1v) is 7.34. The van der Waals surface area contributed by atoms with Gasteiger partial charge in [0, 0.05) is 12.1 Å². The van der Waals surface area contributed by atoms with E-state index in [-0.39, 0.29) is 12.8 Å². The Morgan fingerprint density at radius 1 is 1.20 bits per heavy atom. The van der Waals surface area contributed by atoms with Crippen molar-refractivity contribution >= 4 is 0 Å². The van der Waals surface area contributed by atoms with Crippen LogP contribution in [0.25, 0.3) is 0 Å². The van der Waals surface area contributed by atoms with Gasteiger partial charge < -0.3 is 10.6 Å². The van der Waals surface area contributed by atoms with Crippen molar-refractivity contribution in [1.29, 1.82) is 0 Å². The fraction of sp³-hybridized carbons (Fsp3) is 1.00. The van der Waals surface area contributed by atoms with Crippen LogP contribution in [0, 0.1) is 5.92 Å². The number of nitrogens with zero attached hydrogens (tertiary/aromatic N) is 2. The third kappa shape index (κ3) is 4.60. The predicted octanol–water partition coefficient (Wildman–Crippen LogP) is 2.32. The fourth-order valence-corrected chi connectivity index (χ4v) is 3.17. The lowest BCUT2D eigenvalue weighted by molar-refractivity contribution is -0.192. The third-order valence-electron chi connectivity index (χ3n) is 4.57. The molecular weight excluding hydrogens is 267 g/mol. The molecule has 2 N–H and O–H groups in total. The molecule has 0 spiro atoms. The quantitative estimate of drug-likeness (QED) is 0.816. The summed E-state index contributed by atoms with van der Waals surface area (Å²) in [6.07, 6.45) is -1.37. The number of hydrogen-bond donors (Lipinski definition) is 1. The SMILES string of the molecule is CN(C)CCCN(C)C1(CN)CCCC(C(F)(F)F)C1. The van der Waals surface area contributed by atoms with E-state index in [1.54, 1.807) is 0 Å². The van der Waals surface area contributed by atoms with Gasteiger partial charge in [-0.15, -0.1) is 0 Å². The van der Waals surface area contributed by atoms with Crippen LogP contribution in [0.4, 0.5) is 13.2 Å². The van der Waals surface area contributed by atoms with Gasteiger partial charge in [0.25, 0.3) is 0 Å². The van der Waals surface area contributed by atoms with Gasteiger partial charge in [-0.05, 0) is 59.9 Å². The van der Waals surface area contributed by atoms with Gasteiger partial charge in [0.2, 0.25) is 0 Å².